The molecule has 1 aliphatic carbocycles. The van der Waals surface area contributed by atoms with E-state index in [0.717, 1.165) is 36.1 Å². The molecule has 3 atom stereocenters. The van der Waals surface area contributed by atoms with Crippen molar-refractivity contribution in [3.05, 3.63) is 58.9 Å². The molecule has 0 saturated heterocycles. The van der Waals surface area contributed by atoms with Crippen molar-refractivity contribution in [3.63, 3.8) is 0 Å². The number of hydrogen-bond acceptors (Lipinski definition) is 5. The lowest BCUT2D eigenvalue weighted by molar-refractivity contribution is -0.142. The monoisotopic (exact) mass is 517 g/mol. The van der Waals surface area contributed by atoms with E-state index >= 15 is 0 Å². The molecule has 0 radical (unpaired) electrons. The summed E-state index contributed by atoms with van der Waals surface area (Å²) in [5, 5.41) is 10.6. The number of likely N-dealkylation sites (N-methyl/N-ethyl adjacent to an activating group) is 1. The van der Waals surface area contributed by atoms with Crippen LogP contribution in [0.4, 0.5) is 4.39 Å². The largest absolute Gasteiger partial charge is 0.493 e. The number of benzene rings is 2. The Morgan fingerprint density at radius 3 is 2.50 bits per heavy atom. The zero-order chi connectivity index (χ0) is 26.5. The van der Waals surface area contributed by atoms with Gasteiger partial charge in [0.15, 0.2) is 11.5 Å². The van der Waals surface area contributed by atoms with Crippen molar-refractivity contribution in [3.8, 4) is 11.5 Å². The van der Waals surface area contributed by atoms with Gasteiger partial charge < -0.3 is 19.5 Å². The normalized spacial score (nSPS) is 19.1. The van der Waals surface area contributed by atoms with Crippen molar-refractivity contribution in [2.75, 3.05) is 40.6 Å². The zero-order valence-corrected chi connectivity index (χ0v) is 23.2. The van der Waals surface area contributed by atoms with Crippen molar-refractivity contribution in [2.45, 2.75) is 50.2 Å². The molecule has 0 heterocycles. The topological polar surface area (TPSA) is 59.0 Å². The molecule has 1 unspecified atom stereocenters. The van der Waals surface area contributed by atoms with Crippen LogP contribution in [-0.2, 0) is 17.6 Å². The molecule has 0 bridgehead atoms. The highest BCUT2D eigenvalue weighted by Crippen LogP contribution is 2.51. The molecule has 2 aromatic rings. The molecular formula is C29H40FNO4S. The first kappa shape index (κ1) is 28.3. The molecule has 5 nitrogen and oxygen atoms in total. The van der Waals surface area contributed by atoms with E-state index in [4.69, 9.17) is 9.47 Å². The number of rotatable bonds is 12. The lowest BCUT2D eigenvalue weighted by Gasteiger charge is -2.46. The molecular weight excluding hydrogens is 477 g/mol. The van der Waals surface area contributed by atoms with Crippen LogP contribution >= 0.6 is 11.8 Å². The summed E-state index contributed by atoms with van der Waals surface area (Å²) in [6.45, 7) is 5.79. The fraction of sp³-hybridized carbons (Fsp3) is 0.552. The molecule has 1 aliphatic rings. The quantitative estimate of drug-likeness (QED) is 0.379. The van der Waals surface area contributed by atoms with E-state index in [1.807, 2.05) is 37.6 Å². The molecule has 7 heteroatoms. The highest BCUT2D eigenvalue weighted by atomic mass is 32.2. The van der Waals surface area contributed by atoms with Gasteiger partial charge in [-0.2, -0.15) is 0 Å². The molecule has 2 aromatic carbocycles. The van der Waals surface area contributed by atoms with E-state index < -0.39 is 10.7 Å². The maximum Gasteiger partial charge on any atom is 0.320 e. The van der Waals surface area contributed by atoms with Gasteiger partial charge in [0.2, 0.25) is 0 Å². The Morgan fingerprint density at radius 2 is 1.89 bits per heavy atom. The SMILES string of the molecule is COc1ccc(CCN(C)CCC(SC)(C(=O)O)[C@@H]2CCc3cc(F)ccc3[C@@H]2C(C)C)cc1OC. The molecule has 36 heavy (non-hydrogen) atoms. The summed E-state index contributed by atoms with van der Waals surface area (Å²) >= 11 is 1.47. The number of nitrogens with zero attached hydrogens (tertiary/aromatic N) is 1. The van der Waals surface area contributed by atoms with Gasteiger partial charge in [-0.1, -0.05) is 26.0 Å². The Bertz CT molecular complexity index is 1050. The van der Waals surface area contributed by atoms with Gasteiger partial charge in [-0.05, 0) is 104 Å². The first-order valence-corrected chi connectivity index (χ1v) is 13.9. The minimum atomic E-state index is -0.904. The first-order valence-electron chi connectivity index (χ1n) is 12.6. The molecule has 1 N–H and O–H groups in total. The Kier molecular flexibility index (Phi) is 9.70. The Balaban J connectivity index is 1.75. The predicted octanol–water partition coefficient (Wildman–Crippen LogP) is 5.90. The van der Waals surface area contributed by atoms with Crippen molar-refractivity contribution in [1.29, 1.82) is 0 Å². The van der Waals surface area contributed by atoms with Crippen LogP contribution < -0.4 is 9.47 Å². The predicted molar refractivity (Wildman–Crippen MR) is 145 cm³/mol. The molecule has 0 saturated carbocycles. The van der Waals surface area contributed by atoms with Gasteiger partial charge in [-0.3, -0.25) is 4.79 Å². The van der Waals surface area contributed by atoms with Gasteiger partial charge in [-0.15, -0.1) is 11.8 Å². The van der Waals surface area contributed by atoms with E-state index in [-0.39, 0.29) is 23.6 Å². The summed E-state index contributed by atoms with van der Waals surface area (Å²) in [7, 11) is 5.30. The number of carboxylic acids is 1. The van der Waals surface area contributed by atoms with E-state index in [1.54, 1.807) is 20.3 Å². The molecule has 3 rings (SSSR count). The third kappa shape index (κ3) is 6.00. The van der Waals surface area contributed by atoms with Crippen molar-refractivity contribution >= 4 is 17.7 Å². The van der Waals surface area contributed by atoms with Crippen molar-refractivity contribution in [1.82, 2.24) is 4.90 Å². The van der Waals surface area contributed by atoms with Gasteiger partial charge in [0.25, 0.3) is 0 Å². The summed E-state index contributed by atoms with van der Waals surface area (Å²) < 4.78 is 23.8. The van der Waals surface area contributed by atoms with Gasteiger partial charge in [-0.25, -0.2) is 4.39 Å². The minimum absolute atomic E-state index is 0.0257. The fourth-order valence-corrected chi connectivity index (χ4v) is 6.82. The number of aryl methyl sites for hydroxylation is 1. The Labute approximate surface area is 219 Å². The number of fused-ring (bicyclic) bond motifs is 1. The summed E-state index contributed by atoms with van der Waals surface area (Å²) in [4.78, 5) is 15.1. The Hall–Kier alpha value is -2.25. The second-order valence-electron chi connectivity index (χ2n) is 10.1. The van der Waals surface area contributed by atoms with Gasteiger partial charge in [0.05, 0.1) is 14.2 Å². The Morgan fingerprint density at radius 1 is 1.17 bits per heavy atom. The number of halogens is 1. The average Bonchev–Trinajstić information content (AvgIpc) is 2.87. The first-order chi connectivity index (χ1) is 17.2. The maximum absolute atomic E-state index is 13.9. The molecule has 0 aromatic heterocycles. The number of hydrogen-bond donors (Lipinski definition) is 1. The molecule has 0 spiro atoms. The maximum atomic E-state index is 13.9. The van der Waals surface area contributed by atoms with Crippen LogP contribution in [0.5, 0.6) is 11.5 Å². The van der Waals surface area contributed by atoms with E-state index in [9.17, 15) is 14.3 Å². The van der Waals surface area contributed by atoms with Crippen LogP contribution in [0, 0.1) is 17.7 Å². The summed E-state index contributed by atoms with van der Waals surface area (Å²) in [6.07, 6.45) is 4.77. The standard InChI is InChI=1S/C29H40FNO4S/c1-19(2)27-23-10-9-22(30)18-21(23)8-11-24(27)29(36-6,28(32)33)14-16-31(3)15-13-20-7-12-25(34-4)26(17-20)35-5/h7,9-10,12,17-19,24,27H,8,11,13-16H2,1-6H3,(H,32,33)/t24-,27+,29?/m1/s1. The van der Waals surface area contributed by atoms with E-state index in [0.29, 0.717) is 30.9 Å². The third-order valence-electron chi connectivity index (χ3n) is 7.76. The average molecular weight is 518 g/mol. The second-order valence-corrected chi connectivity index (χ2v) is 11.3. The molecule has 198 valence electrons. The molecule has 0 aliphatic heterocycles. The van der Waals surface area contributed by atoms with Gasteiger partial charge in [0, 0.05) is 6.54 Å². The van der Waals surface area contributed by atoms with Crippen molar-refractivity contribution < 1.29 is 23.8 Å². The third-order valence-corrected chi connectivity index (χ3v) is 9.17. The summed E-state index contributed by atoms with van der Waals surface area (Å²) in [6, 6.07) is 11.0. The molecule has 0 amide bonds. The van der Waals surface area contributed by atoms with Crippen LogP contribution in [0.25, 0.3) is 0 Å². The minimum Gasteiger partial charge on any atom is -0.493 e. The lowest BCUT2D eigenvalue weighted by atomic mass is 9.64. The van der Waals surface area contributed by atoms with Crippen LogP contribution in [0.2, 0.25) is 0 Å². The van der Waals surface area contributed by atoms with Crippen LogP contribution in [0.1, 0.15) is 49.3 Å². The van der Waals surface area contributed by atoms with Crippen LogP contribution in [-0.4, -0.2) is 61.3 Å². The van der Waals surface area contributed by atoms with Gasteiger partial charge >= 0.3 is 5.97 Å². The van der Waals surface area contributed by atoms with Crippen molar-refractivity contribution in [2.24, 2.45) is 11.8 Å². The number of thioether (sulfide) groups is 1. The zero-order valence-electron chi connectivity index (χ0n) is 22.3. The highest BCUT2D eigenvalue weighted by molar-refractivity contribution is 8.00. The number of carboxylic acid groups (broad SMARTS) is 1. The second kappa shape index (κ2) is 12.3. The van der Waals surface area contributed by atoms with E-state index in [1.165, 1.54) is 17.8 Å². The lowest BCUT2D eigenvalue weighted by Crippen LogP contribution is -2.49. The smallest absolute Gasteiger partial charge is 0.320 e. The number of carbonyl (C=O) groups is 1. The summed E-state index contributed by atoms with van der Waals surface area (Å²) in [5.41, 5.74) is 3.28. The van der Waals surface area contributed by atoms with Crippen LogP contribution in [0.3, 0.4) is 0 Å². The molecule has 0 fully saturated rings. The number of aliphatic carboxylic acids is 1. The summed E-state index contributed by atoms with van der Waals surface area (Å²) in [5.74, 6) is 0.759. The number of ether oxygens (including phenoxy) is 2. The highest BCUT2D eigenvalue weighted by Gasteiger charge is 2.50. The number of methoxy groups -OCH3 is 2. The van der Waals surface area contributed by atoms with Gasteiger partial charge in [0.1, 0.15) is 10.6 Å². The fourth-order valence-electron chi connectivity index (χ4n) is 5.79. The van der Waals surface area contributed by atoms with E-state index in [2.05, 4.69) is 18.7 Å². The van der Waals surface area contributed by atoms with Crippen LogP contribution in [0.15, 0.2) is 36.4 Å².